The fraction of sp³-hybridized carbons (Fsp3) is 0.429. The second kappa shape index (κ2) is 9.17. The van der Waals surface area contributed by atoms with E-state index in [1.54, 1.807) is 0 Å². The Bertz CT molecular complexity index is 1460. The summed E-state index contributed by atoms with van der Waals surface area (Å²) in [4.78, 5) is 21.3. The standard InChI is InChI=1S/C28H35N7O/c1-18-8-10-23-21(15-18)17-22(27(36)29-23)25(26-30-31-32-35(26)28(4,5)6)34-13-11-33(12-14-34)24-16-19(2)7-9-20(24)3/h7-10,15-17,25H,11-14H2,1-6H3,(H,29,36). The van der Waals surface area contributed by atoms with Crippen LogP contribution in [0.5, 0.6) is 0 Å². The number of hydrogen-bond acceptors (Lipinski definition) is 6. The molecule has 5 rings (SSSR count). The van der Waals surface area contributed by atoms with E-state index in [-0.39, 0.29) is 17.1 Å². The third-order valence-corrected chi connectivity index (χ3v) is 7.08. The molecule has 188 valence electrons. The normalized spacial score (nSPS) is 16.0. The highest BCUT2D eigenvalue weighted by Crippen LogP contribution is 2.31. The SMILES string of the molecule is Cc1ccc(C)c(N2CCN(C(c3cc4cc(C)ccc4[nH]c3=O)c3nnnn3C(C)(C)C)CC2)c1. The van der Waals surface area contributed by atoms with E-state index in [0.29, 0.717) is 11.4 Å². The lowest BCUT2D eigenvalue weighted by atomic mass is 10.00. The number of tetrazole rings is 1. The Morgan fingerprint density at radius 1 is 0.917 bits per heavy atom. The number of benzene rings is 2. The molecule has 0 bridgehead atoms. The first-order chi connectivity index (χ1) is 17.1. The van der Waals surface area contributed by atoms with Crippen LogP contribution in [0.2, 0.25) is 0 Å². The molecular formula is C28H35N7O. The fourth-order valence-corrected chi connectivity index (χ4v) is 5.17. The van der Waals surface area contributed by atoms with Crippen LogP contribution in [0, 0.1) is 20.8 Å². The van der Waals surface area contributed by atoms with Gasteiger partial charge in [0.2, 0.25) is 0 Å². The molecule has 1 fully saturated rings. The highest BCUT2D eigenvalue weighted by Gasteiger charge is 2.35. The quantitative estimate of drug-likeness (QED) is 0.469. The van der Waals surface area contributed by atoms with Gasteiger partial charge in [-0.2, -0.15) is 0 Å². The summed E-state index contributed by atoms with van der Waals surface area (Å²) in [6, 6.07) is 14.4. The van der Waals surface area contributed by atoms with Gasteiger partial charge < -0.3 is 9.88 Å². The predicted molar refractivity (Wildman–Crippen MR) is 144 cm³/mol. The van der Waals surface area contributed by atoms with Crippen LogP contribution in [-0.4, -0.2) is 56.3 Å². The van der Waals surface area contributed by atoms with Gasteiger partial charge in [-0.1, -0.05) is 23.8 Å². The van der Waals surface area contributed by atoms with Crippen LogP contribution in [-0.2, 0) is 5.54 Å². The molecule has 1 unspecified atom stereocenters. The van der Waals surface area contributed by atoms with Gasteiger partial charge in [0, 0.05) is 42.9 Å². The number of pyridine rings is 1. The first kappa shape index (κ1) is 24.2. The van der Waals surface area contributed by atoms with Crippen molar-refractivity contribution >= 4 is 16.6 Å². The Morgan fingerprint density at radius 2 is 1.61 bits per heavy atom. The molecule has 0 radical (unpaired) electrons. The van der Waals surface area contributed by atoms with Crippen LogP contribution in [0.1, 0.15) is 54.9 Å². The Kier molecular flexibility index (Phi) is 6.16. The van der Waals surface area contributed by atoms with E-state index < -0.39 is 0 Å². The number of H-pyrrole nitrogens is 1. The molecule has 3 heterocycles. The maximum atomic E-state index is 13.5. The summed E-state index contributed by atoms with van der Waals surface area (Å²) in [5.74, 6) is 0.695. The van der Waals surface area contributed by atoms with Crippen LogP contribution in [0.25, 0.3) is 10.9 Å². The minimum atomic E-state index is -0.353. The molecular weight excluding hydrogens is 450 g/mol. The largest absolute Gasteiger partial charge is 0.369 e. The highest BCUT2D eigenvalue weighted by molar-refractivity contribution is 5.79. The monoisotopic (exact) mass is 485 g/mol. The van der Waals surface area contributed by atoms with E-state index in [4.69, 9.17) is 0 Å². The summed E-state index contributed by atoms with van der Waals surface area (Å²) in [5.41, 5.74) is 6.07. The van der Waals surface area contributed by atoms with E-state index in [1.165, 1.54) is 16.8 Å². The molecule has 8 nitrogen and oxygen atoms in total. The second-order valence-electron chi connectivity index (χ2n) is 11.0. The van der Waals surface area contributed by atoms with Crippen molar-refractivity contribution in [3.8, 4) is 0 Å². The van der Waals surface area contributed by atoms with E-state index in [9.17, 15) is 4.79 Å². The van der Waals surface area contributed by atoms with Gasteiger partial charge in [-0.25, -0.2) is 4.68 Å². The smallest absolute Gasteiger partial charge is 0.253 e. The second-order valence-corrected chi connectivity index (χ2v) is 11.0. The van der Waals surface area contributed by atoms with Crippen LogP contribution in [0.4, 0.5) is 5.69 Å². The van der Waals surface area contributed by atoms with Crippen molar-refractivity contribution in [3.05, 3.63) is 80.9 Å². The Morgan fingerprint density at radius 3 is 2.33 bits per heavy atom. The molecule has 2 aromatic carbocycles. The number of rotatable bonds is 4. The molecule has 36 heavy (non-hydrogen) atoms. The minimum Gasteiger partial charge on any atom is -0.369 e. The molecule has 0 amide bonds. The molecule has 1 aliphatic heterocycles. The zero-order chi connectivity index (χ0) is 25.6. The van der Waals surface area contributed by atoms with Crippen molar-refractivity contribution in [3.63, 3.8) is 0 Å². The number of fused-ring (bicyclic) bond motifs is 1. The fourth-order valence-electron chi connectivity index (χ4n) is 5.17. The minimum absolute atomic E-state index is 0.100. The van der Waals surface area contributed by atoms with Crippen LogP contribution in [0.15, 0.2) is 47.3 Å². The van der Waals surface area contributed by atoms with Crippen molar-refractivity contribution < 1.29 is 0 Å². The summed E-state index contributed by atoms with van der Waals surface area (Å²) in [6.45, 7) is 15.9. The summed E-state index contributed by atoms with van der Waals surface area (Å²) in [5, 5.41) is 13.8. The third kappa shape index (κ3) is 4.53. The maximum Gasteiger partial charge on any atom is 0.253 e. The van der Waals surface area contributed by atoms with Gasteiger partial charge in [-0.15, -0.1) is 5.10 Å². The number of anilines is 1. The molecule has 8 heteroatoms. The molecule has 1 saturated heterocycles. The molecule has 4 aromatic rings. The summed E-state index contributed by atoms with van der Waals surface area (Å²) >= 11 is 0. The molecule has 1 aliphatic rings. The maximum absolute atomic E-state index is 13.5. The Labute approximate surface area is 211 Å². The van der Waals surface area contributed by atoms with Crippen molar-refractivity contribution in [1.29, 1.82) is 0 Å². The summed E-state index contributed by atoms with van der Waals surface area (Å²) in [6.07, 6.45) is 0. The van der Waals surface area contributed by atoms with Gasteiger partial charge in [0.1, 0.15) is 6.04 Å². The van der Waals surface area contributed by atoms with Crippen molar-refractivity contribution in [2.45, 2.75) is 53.1 Å². The lowest BCUT2D eigenvalue weighted by Gasteiger charge is -2.40. The first-order valence-electron chi connectivity index (χ1n) is 12.6. The van der Waals surface area contributed by atoms with E-state index >= 15 is 0 Å². The van der Waals surface area contributed by atoms with Crippen LogP contribution in [0.3, 0.4) is 0 Å². The molecule has 1 N–H and O–H groups in total. The Hall–Kier alpha value is -3.52. The lowest BCUT2D eigenvalue weighted by molar-refractivity contribution is 0.190. The summed E-state index contributed by atoms with van der Waals surface area (Å²) in [7, 11) is 0. The van der Waals surface area contributed by atoms with Crippen molar-refractivity contribution in [2.24, 2.45) is 0 Å². The van der Waals surface area contributed by atoms with E-state index in [0.717, 1.165) is 42.6 Å². The van der Waals surface area contributed by atoms with Crippen molar-refractivity contribution in [1.82, 2.24) is 30.1 Å². The number of nitrogens with zero attached hydrogens (tertiary/aromatic N) is 6. The molecule has 0 aliphatic carbocycles. The zero-order valence-electron chi connectivity index (χ0n) is 22.0. The number of piperazine rings is 1. The van der Waals surface area contributed by atoms with Gasteiger partial charge in [0.25, 0.3) is 5.56 Å². The molecule has 0 spiro atoms. The van der Waals surface area contributed by atoms with Gasteiger partial charge in [0.15, 0.2) is 5.82 Å². The number of aryl methyl sites for hydroxylation is 3. The Balaban J connectivity index is 1.56. The van der Waals surface area contributed by atoms with Gasteiger partial charge in [-0.3, -0.25) is 9.69 Å². The molecule has 1 atom stereocenters. The van der Waals surface area contributed by atoms with Crippen LogP contribution >= 0.6 is 0 Å². The predicted octanol–water partition coefficient (Wildman–Crippen LogP) is 4.11. The topological polar surface area (TPSA) is 82.9 Å². The average Bonchev–Trinajstić information content (AvgIpc) is 3.32. The van der Waals surface area contributed by atoms with Gasteiger partial charge >= 0.3 is 0 Å². The lowest BCUT2D eigenvalue weighted by Crippen LogP contribution is -2.49. The number of aromatic nitrogens is 5. The first-order valence-corrected chi connectivity index (χ1v) is 12.6. The highest BCUT2D eigenvalue weighted by atomic mass is 16.1. The van der Waals surface area contributed by atoms with Gasteiger partial charge in [0.05, 0.1) is 5.54 Å². The number of aromatic amines is 1. The van der Waals surface area contributed by atoms with Crippen LogP contribution < -0.4 is 10.5 Å². The molecule has 0 saturated carbocycles. The summed E-state index contributed by atoms with van der Waals surface area (Å²) < 4.78 is 1.86. The van der Waals surface area contributed by atoms with E-state index in [2.05, 4.69) is 96.1 Å². The van der Waals surface area contributed by atoms with Crippen molar-refractivity contribution in [2.75, 3.05) is 31.1 Å². The van der Waals surface area contributed by atoms with E-state index in [1.807, 2.05) is 22.9 Å². The zero-order valence-corrected chi connectivity index (χ0v) is 22.0. The average molecular weight is 486 g/mol. The van der Waals surface area contributed by atoms with Gasteiger partial charge in [-0.05, 0) is 92.7 Å². The number of hydrogen-bond donors (Lipinski definition) is 1. The third-order valence-electron chi connectivity index (χ3n) is 7.08. The number of nitrogens with one attached hydrogen (secondary N) is 1. The molecule has 2 aromatic heterocycles.